The zero-order valence-electron chi connectivity index (χ0n) is 10.1. The summed E-state index contributed by atoms with van der Waals surface area (Å²) in [6.07, 6.45) is -0.701. The van der Waals surface area contributed by atoms with Crippen molar-refractivity contribution in [2.24, 2.45) is 0 Å². The first-order valence-corrected chi connectivity index (χ1v) is 5.93. The normalized spacial score (nSPS) is 12.5. The minimum atomic E-state index is -0.701. The number of hydrogen-bond acceptors (Lipinski definition) is 4. The maximum atomic E-state index is 12.0. The Kier molecular flexibility index (Phi) is 5.17. The molecule has 17 heavy (non-hydrogen) atoms. The van der Waals surface area contributed by atoms with Crippen molar-refractivity contribution in [3.63, 3.8) is 0 Å². The molecule has 1 aromatic rings. The van der Waals surface area contributed by atoms with Crippen molar-refractivity contribution in [1.29, 1.82) is 0 Å². The minimum absolute atomic E-state index is 0.193. The van der Waals surface area contributed by atoms with Gasteiger partial charge in [0.05, 0.1) is 12.7 Å². The van der Waals surface area contributed by atoms with E-state index in [2.05, 4.69) is 15.9 Å². The molecule has 0 fully saturated rings. The number of aryl methyl sites for hydroxylation is 1. The molecule has 1 amide bonds. The van der Waals surface area contributed by atoms with Crippen LogP contribution in [0.15, 0.2) is 15.2 Å². The molecule has 1 unspecified atom stereocenters. The standard InChI is InChI=1S/C11H16BrNO4/c1-7-4-9(12)17-10(7)11(15)13(2)5-8(14)6-16-3/h4,8,14H,5-6H2,1-3H3. The van der Waals surface area contributed by atoms with Crippen LogP contribution in [0.3, 0.4) is 0 Å². The molecule has 0 aliphatic heterocycles. The van der Waals surface area contributed by atoms with E-state index in [0.717, 1.165) is 5.56 Å². The number of likely N-dealkylation sites (N-methyl/N-ethyl adjacent to an activating group) is 1. The number of aliphatic hydroxyl groups excluding tert-OH is 1. The van der Waals surface area contributed by atoms with Gasteiger partial charge in [0.15, 0.2) is 10.4 Å². The lowest BCUT2D eigenvalue weighted by Gasteiger charge is -2.19. The summed E-state index contributed by atoms with van der Waals surface area (Å²) >= 11 is 3.17. The van der Waals surface area contributed by atoms with Crippen molar-refractivity contribution in [2.75, 3.05) is 27.3 Å². The molecule has 96 valence electrons. The Morgan fingerprint density at radius 2 is 2.35 bits per heavy atom. The third kappa shape index (κ3) is 3.83. The van der Waals surface area contributed by atoms with Crippen LogP contribution in [0.2, 0.25) is 0 Å². The van der Waals surface area contributed by atoms with Crippen molar-refractivity contribution in [1.82, 2.24) is 4.90 Å². The first kappa shape index (κ1) is 14.2. The van der Waals surface area contributed by atoms with Crippen molar-refractivity contribution in [3.05, 3.63) is 22.1 Å². The lowest BCUT2D eigenvalue weighted by Crippen LogP contribution is -2.36. The van der Waals surface area contributed by atoms with Gasteiger partial charge in [-0.2, -0.15) is 0 Å². The van der Waals surface area contributed by atoms with Crippen LogP contribution in [0, 0.1) is 6.92 Å². The van der Waals surface area contributed by atoms with Crippen LogP contribution < -0.4 is 0 Å². The van der Waals surface area contributed by atoms with E-state index in [-0.39, 0.29) is 24.8 Å². The fourth-order valence-electron chi connectivity index (χ4n) is 1.47. The molecule has 0 saturated carbocycles. The second-order valence-corrected chi connectivity index (χ2v) is 4.64. The van der Waals surface area contributed by atoms with E-state index in [9.17, 15) is 9.90 Å². The molecule has 0 spiro atoms. The largest absolute Gasteiger partial charge is 0.444 e. The highest BCUT2D eigenvalue weighted by Gasteiger charge is 2.20. The van der Waals surface area contributed by atoms with E-state index in [4.69, 9.17) is 9.15 Å². The van der Waals surface area contributed by atoms with E-state index >= 15 is 0 Å². The fraction of sp³-hybridized carbons (Fsp3) is 0.545. The van der Waals surface area contributed by atoms with Gasteiger partial charge < -0.3 is 19.2 Å². The Labute approximate surface area is 108 Å². The molecule has 0 bridgehead atoms. The van der Waals surface area contributed by atoms with E-state index in [0.29, 0.717) is 4.67 Å². The number of amides is 1. The molecule has 1 aromatic heterocycles. The summed E-state index contributed by atoms with van der Waals surface area (Å²) in [7, 11) is 3.11. The molecule has 0 saturated heterocycles. The first-order chi connectivity index (χ1) is 7.95. The molecule has 6 heteroatoms. The molecule has 1 heterocycles. The summed E-state index contributed by atoms with van der Waals surface area (Å²) in [4.78, 5) is 13.4. The van der Waals surface area contributed by atoms with E-state index in [1.54, 1.807) is 20.0 Å². The fourth-order valence-corrected chi connectivity index (χ4v) is 1.98. The van der Waals surface area contributed by atoms with Gasteiger partial charge in [-0.3, -0.25) is 4.79 Å². The van der Waals surface area contributed by atoms with Crippen LogP contribution >= 0.6 is 15.9 Å². The van der Waals surface area contributed by atoms with Crippen LogP contribution in [-0.4, -0.2) is 49.3 Å². The lowest BCUT2D eigenvalue weighted by molar-refractivity contribution is 0.0367. The van der Waals surface area contributed by atoms with Crippen LogP contribution in [0.1, 0.15) is 16.1 Å². The highest BCUT2D eigenvalue weighted by atomic mass is 79.9. The molecule has 1 rings (SSSR count). The number of ether oxygens (including phenoxy) is 1. The van der Waals surface area contributed by atoms with E-state index in [1.165, 1.54) is 12.0 Å². The van der Waals surface area contributed by atoms with Crippen LogP contribution in [-0.2, 0) is 4.74 Å². The third-order valence-electron chi connectivity index (χ3n) is 2.27. The molecule has 1 atom stereocenters. The summed E-state index contributed by atoms with van der Waals surface area (Å²) in [5, 5.41) is 9.53. The lowest BCUT2D eigenvalue weighted by atomic mass is 10.2. The summed E-state index contributed by atoms with van der Waals surface area (Å²) in [6, 6.07) is 1.73. The van der Waals surface area contributed by atoms with Gasteiger partial charge in [-0.15, -0.1) is 0 Å². The first-order valence-electron chi connectivity index (χ1n) is 5.14. The average molecular weight is 306 g/mol. The van der Waals surface area contributed by atoms with Gasteiger partial charge in [-0.1, -0.05) is 0 Å². The number of methoxy groups -OCH3 is 1. The number of carbonyl (C=O) groups excluding carboxylic acids is 1. The summed E-state index contributed by atoms with van der Waals surface area (Å²) in [6.45, 7) is 2.18. The molecule has 0 radical (unpaired) electrons. The highest BCUT2D eigenvalue weighted by molar-refractivity contribution is 9.10. The highest BCUT2D eigenvalue weighted by Crippen LogP contribution is 2.20. The molecule has 0 aliphatic carbocycles. The molecular formula is C11H16BrNO4. The Hall–Kier alpha value is -0.850. The number of hydrogen-bond donors (Lipinski definition) is 1. The number of furan rings is 1. The number of halogens is 1. The van der Waals surface area contributed by atoms with Gasteiger partial charge in [-0.05, 0) is 28.9 Å². The molecule has 0 aliphatic rings. The maximum Gasteiger partial charge on any atom is 0.289 e. The van der Waals surface area contributed by atoms with E-state index in [1.807, 2.05) is 0 Å². The summed E-state index contributed by atoms with van der Waals surface area (Å²) in [5.74, 6) is 0.0207. The van der Waals surface area contributed by atoms with Gasteiger partial charge >= 0.3 is 0 Å². The minimum Gasteiger partial charge on any atom is -0.444 e. The van der Waals surface area contributed by atoms with Crippen LogP contribution in [0.25, 0.3) is 0 Å². The zero-order valence-corrected chi connectivity index (χ0v) is 11.7. The Balaban J connectivity index is 2.66. The smallest absolute Gasteiger partial charge is 0.289 e. The summed E-state index contributed by atoms with van der Waals surface area (Å²) in [5.41, 5.74) is 0.759. The van der Waals surface area contributed by atoms with Crippen LogP contribution in [0.4, 0.5) is 0 Å². The predicted octanol–water partition coefficient (Wildman–Crippen LogP) is 1.43. The number of rotatable bonds is 5. The zero-order chi connectivity index (χ0) is 13.0. The number of aliphatic hydroxyl groups is 1. The quantitative estimate of drug-likeness (QED) is 0.894. The topological polar surface area (TPSA) is 62.9 Å². The third-order valence-corrected chi connectivity index (χ3v) is 2.66. The van der Waals surface area contributed by atoms with Gasteiger partial charge in [0.25, 0.3) is 5.91 Å². The van der Waals surface area contributed by atoms with Gasteiger partial charge in [-0.25, -0.2) is 0 Å². The van der Waals surface area contributed by atoms with E-state index < -0.39 is 6.10 Å². The molecule has 5 nitrogen and oxygen atoms in total. The van der Waals surface area contributed by atoms with Gasteiger partial charge in [0.2, 0.25) is 0 Å². The second-order valence-electron chi connectivity index (χ2n) is 3.86. The number of nitrogens with zero attached hydrogens (tertiary/aromatic N) is 1. The van der Waals surface area contributed by atoms with Crippen molar-refractivity contribution in [3.8, 4) is 0 Å². The van der Waals surface area contributed by atoms with Gasteiger partial charge in [0, 0.05) is 26.3 Å². The molecular weight excluding hydrogens is 290 g/mol. The number of carbonyl (C=O) groups is 1. The predicted molar refractivity (Wildman–Crippen MR) is 66.0 cm³/mol. The maximum absolute atomic E-state index is 12.0. The molecule has 0 aromatic carbocycles. The summed E-state index contributed by atoms with van der Waals surface area (Å²) < 4.78 is 10.6. The van der Waals surface area contributed by atoms with Crippen molar-refractivity contribution in [2.45, 2.75) is 13.0 Å². The van der Waals surface area contributed by atoms with Crippen molar-refractivity contribution < 1.29 is 19.1 Å². The second kappa shape index (κ2) is 6.18. The monoisotopic (exact) mass is 305 g/mol. The molecule has 1 N–H and O–H groups in total. The van der Waals surface area contributed by atoms with Gasteiger partial charge in [0.1, 0.15) is 0 Å². The Morgan fingerprint density at radius 3 is 2.82 bits per heavy atom. The SMILES string of the molecule is COCC(O)CN(C)C(=O)c1oc(Br)cc1C. The van der Waals surface area contributed by atoms with Crippen molar-refractivity contribution >= 4 is 21.8 Å². The Morgan fingerprint density at radius 1 is 1.71 bits per heavy atom. The Bertz CT molecular complexity index is 391. The van der Waals surface area contributed by atoms with Crippen LogP contribution in [0.5, 0.6) is 0 Å². The average Bonchev–Trinajstić information content (AvgIpc) is 2.56.